The second kappa shape index (κ2) is 7.42. The van der Waals surface area contributed by atoms with Crippen LogP contribution < -0.4 is 11.1 Å². The zero-order valence-corrected chi connectivity index (χ0v) is 19.8. The van der Waals surface area contributed by atoms with Gasteiger partial charge >= 0.3 is 5.97 Å². The number of methoxy groups -OCH3 is 1. The van der Waals surface area contributed by atoms with Crippen molar-refractivity contribution in [3.8, 4) is 0 Å². The van der Waals surface area contributed by atoms with Crippen LogP contribution in [0.5, 0.6) is 0 Å². The Balaban J connectivity index is 1.46. The fraction of sp³-hybridized carbons (Fsp3) is 0.500. The standard InChI is InChI=1S/C26H29N3O3S/c1-13-18(25(31)32-2)19(17-3-5-28-6-4-17)20-21(27)22(33-24(20)29-13)23(30)26-10-14-7-15(11-26)9-16(8-14)12-26/h3-6,14-16,19,29H,7-12,27H2,1-2H3. The minimum atomic E-state index is -0.397. The second-order valence-electron chi connectivity index (χ2n) is 10.5. The van der Waals surface area contributed by atoms with Crippen molar-refractivity contribution < 1.29 is 14.3 Å². The molecule has 7 rings (SSSR count). The van der Waals surface area contributed by atoms with Crippen molar-refractivity contribution in [2.45, 2.75) is 51.4 Å². The van der Waals surface area contributed by atoms with Gasteiger partial charge in [-0.05, 0) is 80.9 Å². The fourth-order valence-corrected chi connectivity index (χ4v) is 8.78. The number of nitrogen functional groups attached to an aromatic ring is 1. The molecular formula is C26H29N3O3S. The summed E-state index contributed by atoms with van der Waals surface area (Å²) in [4.78, 5) is 31.7. The molecule has 5 aliphatic rings. The number of ketones is 1. The Morgan fingerprint density at radius 3 is 2.30 bits per heavy atom. The first-order chi connectivity index (χ1) is 15.9. The molecule has 4 saturated carbocycles. The van der Waals surface area contributed by atoms with Gasteiger partial charge in [0.05, 0.1) is 28.2 Å². The third kappa shape index (κ3) is 3.08. The van der Waals surface area contributed by atoms with Crippen molar-refractivity contribution in [1.29, 1.82) is 0 Å². The van der Waals surface area contributed by atoms with Crippen molar-refractivity contribution in [1.82, 2.24) is 4.98 Å². The number of nitrogens with two attached hydrogens (primary N) is 1. The number of hydrogen-bond donors (Lipinski definition) is 2. The van der Waals surface area contributed by atoms with Gasteiger partial charge in [-0.1, -0.05) is 0 Å². The van der Waals surface area contributed by atoms with E-state index >= 15 is 0 Å². The number of nitrogens with one attached hydrogen (secondary N) is 1. The van der Waals surface area contributed by atoms with E-state index in [1.54, 1.807) is 12.4 Å². The molecule has 0 spiro atoms. The first-order valence-electron chi connectivity index (χ1n) is 11.8. The van der Waals surface area contributed by atoms with Gasteiger partial charge in [-0.15, -0.1) is 11.3 Å². The Bertz CT molecular complexity index is 1150. The first-order valence-corrected chi connectivity index (χ1v) is 12.6. The number of nitrogens with zero attached hydrogens (tertiary/aromatic N) is 1. The highest BCUT2D eigenvalue weighted by molar-refractivity contribution is 7.19. The minimum Gasteiger partial charge on any atom is -0.466 e. The molecule has 33 heavy (non-hydrogen) atoms. The summed E-state index contributed by atoms with van der Waals surface area (Å²) >= 11 is 1.45. The van der Waals surface area contributed by atoms with E-state index in [2.05, 4.69) is 10.3 Å². The van der Waals surface area contributed by atoms with Gasteiger partial charge in [-0.3, -0.25) is 9.78 Å². The largest absolute Gasteiger partial charge is 0.466 e. The number of pyridine rings is 1. The van der Waals surface area contributed by atoms with Gasteiger partial charge in [-0.2, -0.15) is 0 Å². The average Bonchev–Trinajstić information content (AvgIpc) is 3.12. The third-order valence-electron chi connectivity index (χ3n) is 8.44. The molecular weight excluding hydrogens is 434 g/mol. The summed E-state index contributed by atoms with van der Waals surface area (Å²) in [6, 6.07) is 3.79. The van der Waals surface area contributed by atoms with E-state index in [1.807, 2.05) is 19.1 Å². The van der Waals surface area contributed by atoms with Crippen LogP contribution in [0.4, 0.5) is 10.7 Å². The monoisotopic (exact) mass is 463 g/mol. The number of rotatable bonds is 4. The Hall–Kier alpha value is -2.67. The second-order valence-corrected chi connectivity index (χ2v) is 11.5. The maximum atomic E-state index is 14.1. The van der Waals surface area contributed by atoms with Crippen molar-refractivity contribution in [2.75, 3.05) is 18.2 Å². The van der Waals surface area contributed by atoms with Crippen LogP contribution in [0.25, 0.3) is 0 Å². The van der Waals surface area contributed by atoms with Gasteiger partial charge in [0.1, 0.15) is 0 Å². The lowest BCUT2D eigenvalue weighted by Gasteiger charge is -2.55. The van der Waals surface area contributed by atoms with Crippen LogP contribution in [0.2, 0.25) is 0 Å². The first kappa shape index (κ1) is 20.9. The van der Waals surface area contributed by atoms with Crippen molar-refractivity contribution in [3.63, 3.8) is 0 Å². The van der Waals surface area contributed by atoms with Crippen molar-refractivity contribution in [3.05, 3.63) is 51.8 Å². The molecule has 2 aromatic rings. The maximum Gasteiger partial charge on any atom is 0.336 e. The molecule has 0 saturated heterocycles. The van der Waals surface area contributed by atoms with Gasteiger partial charge < -0.3 is 15.8 Å². The fourth-order valence-electron chi connectivity index (χ4n) is 7.50. The van der Waals surface area contributed by atoms with Crippen LogP contribution in [-0.2, 0) is 9.53 Å². The van der Waals surface area contributed by atoms with Crippen LogP contribution in [-0.4, -0.2) is 23.8 Å². The molecule has 4 fully saturated rings. The molecule has 3 heterocycles. The topological polar surface area (TPSA) is 94.3 Å². The Labute approximate surface area is 197 Å². The summed E-state index contributed by atoms with van der Waals surface area (Å²) < 4.78 is 5.13. The predicted molar refractivity (Wildman–Crippen MR) is 128 cm³/mol. The highest BCUT2D eigenvalue weighted by atomic mass is 32.1. The highest BCUT2D eigenvalue weighted by Gasteiger charge is 2.55. The lowest BCUT2D eigenvalue weighted by Crippen LogP contribution is -2.50. The number of Topliss-reactive ketones (excluding diaryl/α,β-unsaturated/α-hetero) is 1. The number of thiophene rings is 1. The summed E-state index contributed by atoms with van der Waals surface area (Å²) in [5, 5.41) is 4.22. The highest BCUT2D eigenvalue weighted by Crippen LogP contribution is 2.62. The van der Waals surface area contributed by atoms with Gasteiger partial charge in [-0.25, -0.2) is 4.79 Å². The number of aromatic nitrogens is 1. The van der Waals surface area contributed by atoms with E-state index in [4.69, 9.17) is 10.5 Å². The number of hydrogen-bond acceptors (Lipinski definition) is 7. The Kier molecular flexibility index (Phi) is 4.70. The van der Waals surface area contributed by atoms with Crippen molar-refractivity contribution >= 4 is 33.8 Å². The summed E-state index contributed by atoms with van der Waals surface area (Å²) in [6.07, 6.45) is 10.3. The summed E-state index contributed by atoms with van der Waals surface area (Å²) in [6.45, 7) is 1.87. The maximum absolute atomic E-state index is 14.1. The van der Waals surface area contributed by atoms with E-state index in [0.29, 0.717) is 33.9 Å². The number of ether oxygens (including phenoxy) is 1. The number of anilines is 2. The number of allylic oxidation sites excluding steroid dienone is 1. The molecule has 1 atom stereocenters. The molecule has 4 bridgehead atoms. The van der Waals surface area contributed by atoms with E-state index in [9.17, 15) is 9.59 Å². The smallest absolute Gasteiger partial charge is 0.336 e. The lowest BCUT2D eigenvalue weighted by atomic mass is 9.48. The van der Waals surface area contributed by atoms with E-state index in [1.165, 1.54) is 37.7 Å². The van der Waals surface area contributed by atoms with Crippen LogP contribution in [0, 0.1) is 23.2 Å². The van der Waals surface area contributed by atoms with Crippen LogP contribution in [0.3, 0.4) is 0 Å². The lowest BCUT2D eigenvalue weighted by molar-refractivity contribution is -0.136. The number of fused-ring (bicyclic) bond motifs is 1. The Morgan fingerprint density at radius 1 is 1.12 bits per heavy atom. The van der Waals surface area contributed by atoms with Crippen LogP contribution in [0.1, 0.15) is 72.2 Å². The van der Waals surface area contributed by atoms with Gasteiger partial charge in [0.2, 0.25) is 0 Å². The molecule has 0 radical (unpaired) electrons. The molecule has 1 aliphatic heterocycles. The van der Waals surface area contributed by atoms with Gasteiger partial charge in [0.25, 0.3) is 0 Å². The van der Waals surface area contributed by atoms with Crippen molar-refractivity contribution in [2.24, 2.45) is 23.2 Å². The molecule has 6 nitrogen and oxygen atoms in total. The molecule has 3 N–H and O–H groups in total. The van der Waals surface area contributed by atoms with Crippen LogP contribution >= 0.6 is 11.3 Å². The molecule has 2 aromatic heterocycles. The molecule has 7 heteroatoms. The zero-order valence-electron chi connectivity index (χ0n) is 19.0. The SMILES string of the molecule is COC(=O)C1=C(C)Nc2sc(C(=O)C34CC5CC(CC(C5)C3)C4)c(N)c2C1c1ccncc1. The summed E-state index contributed by atoms with van der Waals surface area (Å²) in [5.41, 5.74) is 10.0. The predicted octanol–water partition coefficient (Wildman–Crippen LogP) is 5.13. The third-order valence-corrected chi connectivity index (χ3v) is 9.57. The Morgan fingerprint density at radius 2 is 1.73 bits per heavy atom. The molecule has 172 valence electrons. The molecule has 1 unspecified atom stereocenters. The number of carbonyl (C=O) groups is 2. The zero-order chi connectivity index (χ0) is 22.9. The van der Waals surface area contributed by atoms with E-state index in [-0.39, 0.29) is 11.2 Å². The molecule has 0 amide bonds. The summed E-state index contributed by atoms with van der Waals surface area (Å²) in [7, 11) is 1.39. The molecule has 4 aliphatic carbocycles. The van der Waals surface area contributed by atoms with E-state index < -0.39 is 11.9 Å². The van der Waals surface area contributed by atoms with Crippen LogP contribution in [0.15, 0.2) is 35.8 Å². The minimum absolute atomic E-state index is 0.228. The normalized spacial score (nSPS) is 31.8. The number of carbonyl (C=O) groups excluding carboxylic acids is 2. The van der Waals surface area contributed by atoms with E-state index in [0.717, 1.165) is 41.1 Å². The summed E-state index contributed by atoms with van der Waals surface area (Å²) in [5.74, 6) is 1.50. The number of esters is 1. The average molecular weight is 464 g/mol. The van der Waals surface area contributed by atoms with Gasteiger partial charge in [0, 0.05) is 35.0 Å². The van der Waals surface area contributed by atoms with Gasteiger partial charge in [0.15, 0.2) is 5.78 Å². The molecule has 0 aromatic carbocycles. The quantitative estimate of drug-likeness (QED) is 0.482.